The Balaban J connectivity index is 0.000000237. The predicted octanol–water partition coefficient (Wildman–Crippen LogP) is 7.43. The van der Waals surface area contributed by atoms with Crippen molar-refractivity contribution >= 4 is 34.6 Å². The van der Waals surface area contributed by atoms with Crippen LogP contribution in [-0.4, -0.2) is 0 Å². The van der Waals surface area contributed by atoms with Crippen LogP contribution in [0.25, 0.3) is 10.8 Å². The standard InChI is InChI=1S/C21H16P.C10H15.Ti/c1-3-11-19(12-4-1)22(20-13-5-2-6-14-20)21-15-17-9-7-8-10-18(17)16-21;1-7-6-10(4,5)9(3)8(7)2;/h1-16H;1-5H3;/q2*-1;+2. The van der Waals surface area contributed by atoms with Gasteiger partial charge in [0, 0.05) is 0 Å². The molecule has 5 rings (SSSR count). The van der Waals surface area contributed by atoms with Gasteiger partial charge in [0.1, 0.15) is 0 Å². The molecule has 33 heavy (non-hydrogen) atoms. The molecule has 0 saturated carbocycles. The molecule has 1 aliphatic carbocycles. The Kier molecular flexibility index (Phi) is 8.41. The summed E-state index contributed by atoms with van der Waals surface area (Å²) < 4.78 is 0. The Bertz CT molecular complexity index is 1190. The Morgan fingerprint density at radius 1 is 0.727 bits per heavy atom. The van der Waals surface area contributed by atoms with Crippen LogP contribution in [0.2, 0.25) is 0 Å². The second-order valence-electron chi connectivity index (χ2n) is 8.97. The van der Waals surface area contributed by atoms with Crippen LogP contribution >= 0.6 is 7.92 Å². The average molecular weight is 482 g/mol. The molecule has 2 heteroatoms. The van der Waals surface area contributed by atoms with Crippen molar-refractivity contribution in [1.29, 1.82) is 0 Å². The summed E-state index contributed by atoms with van der Waals surface area (Å²) in [4.78, 5) is 0. The topological polar surface area (TPSA) is 0 Å². The molecule has 0 nitrogen and oxygen atoms in total. The number of fused-ring (bicyclic) bond motifs is 1. The maximum absolute atomic E-state index is 3.44. The first kappa shape index (κ1) is 25.5. The minimum Gasteiger partial charge on any atom is -0.263 e. The Morgan fingerprint density at radius 2 is 1.24 bits per heavy atom. The molecule has 0 unspecified atom stereocenters. The van der Waals surface area contributed by atoms with Crippen LogP contribution < -0.4 is 15.9 Å². The first-order valence-corrected chi connectivity index (χ1v) is 12.6. The van der Waals surface area contributed by atoms with Crippen LogP contribution in [0.4, 0.5) is 0 Å². The van der Waals surface area contributed by atoms with Crippen LogP contribution in [0.3, 0.4) is 0 Å². The monoisotopic (exact) mass is 482 g/mol. The van der Waals surface area contributed by atoms with E-state index in [1.165, 1.54) is 43.4 Å². The molecule has 1 aliphatic rings. The van der Waals surface area contributed by atoms with Crippen molar-refractivity contribution in [2.24, 2.45) is 5.41 Å². The van der Waals surface area contributed by atoms with Gasteiger partial charge in [-0.05, 0) is 18.5 Å². The Hall–Kier alpha value is -2.11. The van der Waals surface area contributed by atoms with Crippen molar-refractivity contribution in [1.82, 2.24) is 0 Å². The molecule has 0 amide bonds. The van der Waals surface area contributed by atoms with Crippen LogP contribution in [0.5, 0.6) is 0 Å². The van der Waals surface area contributed by atoms with Crippen LogP contribution in [0.15, 0.2) is 114 Å². The van der Waals surface area contributed by atoms with E-state index in [1.54, 1.807) is 0 Å². The molecule has 0 spiro atoms. The zero-order valence-electron chi connectivity index (χ0n) is 20.2. The third-order valence-corrected chi connectivity index (χ3v) is 8.86. The van der Waals surface area contributed by atoms with Gasteiger partial charge in [-0.1, -0.05) is 99.8 Å². The van der Waals surface area contributed by atoms with Gasteiger partial charge in [-0.15, -0.1) is 47.3 Å². The summed E-state index contributed by atoms with van der Waals surface area (Å²) in [6.45, 7) is 10.9. The third-order valence-electron chi connectivity index (χ3n) is 6.45. The molecule has 0 atom stereocenters. The van der Waals surface area contributed by atoms with Gasteiger partial charge in [-0.2, -0.15) is 17.2 Å². The van der Waals surface area contributed by atoms with E-state index < -0.39 is 7.92 Å². The molecule has 0 aliphatic heterocycles. The van der Waals surface area contributed by atoms with E-state index in [4.69, 9.17) is 0 Å². The molecular formula is C31H31PTi. The summed E-state index contributed by atoms with van der Waals surface area (Å²) in [6, 6.07) is 35.0. The molecule has 0 aromatic heterocycles. The van der Waals surface area contributed by atoms with Crippen molar-refractivity contribution in [2.45, 2.75) is 34.6 Å². The molecule has 4 aromatic rings. The zero-order chi connectivity index (χ0) is 22.7. The van der Waals surface area contributed by atoms with Crippen molar-refractivity contribution in [2.75, 3.05) is 0 Å². The predicted molar refractivity (Wildman–Crippen MR) is 143 cm³/mol. The Labute approximate surface area is 215 Å². The number of hydrogen-bond acceptors (Lipinski definition) is 0. The van der Waals surface area contributed by atoms with Crippen molar-refractivity contribution in [3.63, 3.8) is 0 Å². The van der Waals surface area contributed by atoms with E-state index in [0.29, 0.717) is 0 Å². The maximum atomic E-state index is 3.44. The molecular weight excluding hydrogens is 451 g/mol. The van der Waals surface area contributed by atoms with Crippen molar-refractivity contribution in [3.8, 4) is 0 Å². The van der Waals surface area contributed by atoms with E-state index >= 15 is 0 Å². The summed E-state index contributed by atoms with van der Waals surface area (Å²) in [5.41, 5.74) is 4.39. The van der Waals surface area contributed by atoms with E-state index in [9.17, 15) is 0 Å². The number of rotatable bonds is 3. The molecule has 0 radical (unpaired) electrons. The summed E-state index contributed by atoms with van der Waals surface area (Å²) in [6.07, 6.45) is 3.44. The fourth-order valence-electron chi connectivity index (χ4n) is 4.27. The third kappa shape index (κ3) is 5.70. The van der Waals surface area contributed by atoms with Crippen LogP contribution in [0, 0.1) is 11.5 Å². The maximum Gasteiger partial charge on any atom is 2.00 e. The molecule has 0 heterocycles. The Morgan fingerprint density at radius 3 is 1.67 bits per heavy atom. The van der Waals surface area contributed by atoms with Gasteiger partial charge < -0.3 is 0 Å². The smallest absolute Gasteiger partial charge is 0.263 e. The molecule has 0 fully saturated rings. The van der Waals surface area contributed by atoms with Crippen molar-refractivity contribution < 1.29 is 21.7 Å². The number of hydrogen-bond donors (Lipinski definition) is 0. The first-order chi connectivity index (χ1) is 15.4. The van der Waals surface area contributed by atoms with Crippen LogP contribution in [-0.2, 0) is 21.7 Å². The van der Waals surface area contributed by atoms with Gasteiger partial charge in [0.25, 0.3) is 0 Å². The quantitative estimate of drug-likeness (QED) is 0.162. The van der Waals surface area contributed by atoms with Gasteiger partial charge >= 0.3 is 21.7 Å². The zero-order valence-corrected chi connectivity index (χ0v) is 22.6. The SMILES string of the molecule is CC1=[C-]C(C)(C)C(C)=C1C.[Ti+2].c1ccc(P(c2ccccc2)c2cc3ccccc3[cH-]2)cc1. The summed E-state index contributed by atoms with van der Waals surface area (Å²) in [5.74, 6) is 0. The van der Waals surface area contributed by atoms with Gasteiger partial charge in [-0.3, -0.25) is 6.08 Å². The molecule has 0 bridgehead atoms. The normalized spacial score (nSPS) is 14.5. The van der Waals surface area contributed by atoms with Gasteiger partial charge in [-0.25, -0.2) is 5.57 Å². The second-order valence-corrected chi connectivity index (χ2v) is 11.2. The first-order valence-electron chi connectivity index (χ1n) is 11.2. The van der Waals surface area contributed by atoms with Crippen molar-refractivity contribution in [3.05, 3.63) is 120 Å². The average Bonchev–Trinajstić information content (AvgIpc) is 3.30. The van der Waals surface area contributed by atoms with Gasteiger partial charge in [0.05, 0.1) is 0 Å². The summed E-state index contributed by atoms with van der Waals surface area (Å²) >= 11 is 0. The van der Waals surface area contributed by atoms with E-state index in [-0.39, 0.29) is 27.1 Å². The fraction of sp³-hybridized carbons (Fsp3) is 0.194. The van der Waals surface area contributed by atoms with Gasteiger partial charge in [0.15, 0.2) is 0 Å². The summed E-state index contributed by atoms with van der Waals surface area (Å²) in [7, 11) is -0.493. The van der Waals surface area contributed by atoms with E-state index in [1.807, 2.05) is 0 Å². The second kappa shape index (κ2) is 10.9. The fourth-order valence-corrected chi connectivity index (χ4v) is 6.64. The van der Waals surface area contributed by atoms with Gasteiger partial charge in [0.2, 0.25) is 0 Å². The van der Waals surface area contributed by atoms with Crippen LogP contribution in [0.1, 0.15) is 34.6 Å². The number of allylic oxidation sites excluding steroid dienone is 4. The minimum absolute atomic E-state index is 0. The summed E-state index contributed by atoms with van der Waals surface area (Å²) in [5, 5.41) is 6.89. The number of benzene rings is 3. The molecule has 0 N–H and O–H groups in total. The van der Waals surface area contributed by atoms with E-state index in [2.05, 4.69) is 138 Å². The molecule has 4 aromatic carbocycles. The molecule has 164 valence electrons. The minimum atomic E-state index is -0.493. The largest absolute Gasteiger partial charge is 2.00 e. The van der Waals surface area contributed by atoms with E-state index in [0.717, 1.165) is 0 Å². The molecule has 0 saturated heterocycles.